The molecule has 1 heterocycles. The molecule has 0 atom stereocenters. The first kappa shape index (κ1) is 11.9. The largest absolute Gasteiger partial charge is 0.326 e. The van der Waals surface area contributed by atoms with E-state index < -0.39 is 9.84 Å². The van der Waals surface area contributed by atoms with Crippen molar-refractivity contribution in [2.45, 2.75) is 30.3 Å². The number of hydrogen-bond donors (Lipinski definition) is 2. The van der Waals surface area contributed by atoms with Gasteiger partial charge in [-0.1, -0.05) is 6.07 Å². The van der Waals surface area contributed by atoms with Crippen LogP contribution in [0.1, 0.15) is 24.0 Å². The van der Waals surface area contributed by atoms with E-state index in [9.17, 15) is 8.42 Å². The van der Waals surface area contributed by atoms with E-state index in [1.807, 2.05) is 6.07 Å². The van der Waals surface area contributed by atoms with Crippen LogP contribution in [-0.2, 0) is 16.4 Å². The molecule has 0 radical (unpaired) electrons. The van der Waals surface area contributed by atoms with Crippen LogP contribution in [-0.4, -0.2) is 21.0 Å². The molecular weight excluding hydrogens is 248 g/mol. The van der Waals surface area contributed by atoms with Crippen molar-refractivity contribution in [1.82, 2.24) is 5.32 Å². The highest BCUT2D eigenvalue weighted by molar-refractivity contribution is 7.95. The Balaban J connectivity index is 1.92. The van der Waals surface area contributed by atoms with E-state index in [1.54, 1.807) is 18.2 Å². The molecule has 5 heteroatoms. The quantitative estimate of drug-likeness (QED) is 0.852. The maximum Gasteiger partial charge on any atom is 0.204 e. The average Bonchev–Trinajstić information content (AvgIpc) is 3.14. The SMILES string of the molecule is NCc1ccc2c(c1)C=C(CNC1CC1)S2(=O)=O. The summed E-state index contributed by atoms with van der Waals surface area (Å²) < 4.78 is 24.6. The molecule has 1 saturated carbocycles. The van der Waals surface area contributed by atoms with Crippen molar-refractivity contribution in [3.05, 3.63) is 34.2 Å². The van der Waals surface area contributed by atoms with Gasteiger partial charge in [-0.2, -0.15) is 0 Å². The van der Waals surface area contributed by atoms with Crippen LogP contribution in [0.15, 0.2) is 28.0 Å². The van der Waals surface area contributed by atoms with Crippen molar-refractivity contribution in [2.24, 2.45) is 5.73 Å². The lowest BCUT2D eigenvalue weighted by Crippen LogP contribution is -2.21. The third kappa shape index (κ3) is 1.98. The van der Waals surface area contributed by atoms with Crippen LogP contribution < -0.4 is 11.1 Å². The number of hydrogen-bond acceptors (Lipinski definition) is 4. The Labute approximate surface area is 107 Å². The molecular formula is C13H16N2O2S. The summed E-state index contributed by atoms with van der Waals surface area (Å²) in [4.78, 5) is 0.880. The second kappa shape index (κ2) is 4.19. The van der Waals surface area contributed by atoms with Crippen LogP contribution >= 0.6 is 0 Å². The van der Waals surface area contributed by atoms with Gasteiger partial charge in [-0.15, -0.1) is 0 Å². The van der Waals surface area contributed by atoms with Gasteiger partial charge in [0, 0.05) is 19.1 Å². The van der Waals surface area contributed by atoms with Crippen LogP contribution in [0.25, 0.3) is 6.08 Å². The second-order valence-electron chi connectivity index (χ2n) is 4.85. The summed E-state index contributed by atoms with van der Waals surface area (Å²) in [5.41, 5.74) is 7.29. The first-order valence-corrected chi connectivity index (χ1v) is 7.61. The predicted molar refractivity (Wildman–Crippen MR) is 70.5 cm³/mol. The Morgan fingerprint density at radius 2 is 2.11 bits per heavy atom. The molecule has 96 valence electrons. The molecule has 0 aromatic heterocycles. The Morgan fingerprint density at radius 1 is 1.33 bits per heavy atom. The van der Waals surface area contributed by atoms with Crippen LogP contribution in [0.5, 0.6) is 0 Å². The summed E-state index contributed by atoms with van der Waals surface area (Å²) in [5, 5.41) is 3.25. The van der Waals surface area contributed by atoms with E-state index >= 15 is 0 Å². The van der Waals surface area contributed by atoms with Gasteiger partial charge in [0.25, 0.3) is 0 Å². The minimum Gasteiger partial charge on any atom is -0.326 e. The predicted octanol–water partition coefficient (Wildman–Crippen LogP) is 1.03. The van der Waals surface area contributed by atoms with Crippen molar-refractivity contribution >= 4 is 15.9 Å². The Morgan fingerprint density at radius 3 is 2.78 bits per heavy atom. The molecule has 0 spiro atoms. The highest BCUT2D eigenvalue weighted by Gasteiger charge is 2.30. The standard InChI is InChI=1S/C13H16N2O2S/c14-7-9-1-4-13-10(5-9)6-12(18(13,16)17)8-15-11-2-3-11/h1,4-6,11,15H,2-3,7-8,14H2. The molecule has 0 amide bonds. The van der Waals surface area contributed by atoms with Gasteiger partial charge < -0.3 is 11.1 Å². The fraction of sp³-hybridized carbons (Fsp3) is 0.385. The van der Waals surface area contributed by atoms with Gasteiger partial charge in [0.1, 0.15) is 0 Å². The third-order valence-corrected chi connectivity index (χ3v) is 5.31. The molecule has 1 aliphatic heterocycles. The zero-order chi connectivity index (χ0) is 12.8. The lowest BCUT2D eigenvalue weighted by molar-refractivity contribution is 0.600. The minimum absolute atomic E-state index is 0.410. The molecule has 18 heavy (non-hydrogen) atoms. The zero-order valence-electron chi connectivity index (χ0n) is 10.0. The van der Waals surface area contributed by atoms with Crippen molar-refractivity contribution in [3.63, 3.8) is 0 Å². The minimum atomic E-state index is -3.28. The molecule has 3 N–H and O–H groups in total. The van der Waals surface area contributed by atoms with Crippen molar-refractivity contribution in [3.8, 4) is 0 Å². The van der Waals surface area contributed by atoms with Gasteiger partial charge in [-0.3, -0.25) is 0 Å². The summed E-state index contributed by atoms with van der Waals surface area (Å²) in [6.45, 7) is 0.858. The summed E-state index contributed by atoms with van der Waals surface area (Å²) in [6, 6.07) is 5.80. The van der Waals surface area contributed by atoms with Gasteiger partial charge >= 0.3 is 0 Å². The second-order valence-corrected chi connectivity index (χ2v) is 6.82. The zero-order valence-corrected chi connectivity index (χ0v) is 10.8. The summed E-state index contributed by atoms with van der Waals surface area (Å²) in [7, 11) is -3.28. The van der Waals surface area contributed by atoms with Crippen molar-refractivity contribution in [2.75, 3.05) is 6.54 Å². The van der Waals surface area contributed by atoms with Crippen LogP contribution in [0.4, 0.5) is 0 Å². The fourth-order valence-corrected chi connectivity index (χ4v) is 3.67. The molecule has 1 aromatic carbocycles. The first-order valence-electron chi connectivity index (χ1n) is 6.13. The molecule has 3 rings (SSSR count). The van der Waals surface area contributed by atoms with Crippen LogP contribution in [0.2, 0.25) is 0 Å². The number of sulfone groups is 1. The van der Waals surface area contributed by atoms with E-state index in [2.05, 4.69) is 5.32 Å². The molecule has 0 unspecified atom stereocenters. The lowest BCUT2D eigenvalue weighted by atomic mass is 10.1. The van der Waals surface area contributed by atoms with Gasteiger partial charge in [0.05, 0.1) is 9.80 Å². The highest BCUT2D eigenvalue weighted by atomic mass is 32.2. The number of nitrogens with one attached hydrogen (secondary N) is 1. The van der Waals surface area contributed by atoms with Crippen molar-refractivity contribution < 1.29 is 8.42 Å². The number of rotatable bonds is 4. The van der Waals surface area contributed by atoms with E-state index in [1.165, 1.54) is 0 Å². The molecule has 1 aliphatic carbocycles. The Bertz CT molecular complexity index is 616. The Kier molecular flexibility index (Phi) is 2.77. The fourth-order valence-electron chi connectivity index (χ4n) is 2.15. The van der Waals surface area contributed by atoms with E-state index in [-0.39, 0.29) is 0 Å². The van der Waals surface area contributed by atoms with Gasteiger partial charge in [0.15, 0.2) is 0 Å². The number of fused-ring (bicyclic) bond motifs is 1. The summed E-state index contributed by atoms with van der Waals surface area (Å²) in [6.07, 6.45) is 4.06. The van der Waals surface area contributed by atoms with Crippen LogP contribution in [0, 0.1) is 0 Å². The maximum atomic E-state index is 12.3. The smallest absolute Gasteiger partial charge is 0.204 e. The lowest BCUT2D eigenvalue weighted by Gasteiger charge is -2.05. The molecule has 1 fully saturated rings. The highest BCUT2D eigenvalue weighted by Crippen LogP contribution is 2.33. The van der Waals surface area contributed by atoms with Gasteiger partial charge in [-0.25, -0.2) is 8.42 Å². The summed E-state index contributed by atoms with van der Waals surface area (Å²) in [5.74, 6) is 0. The summed E-state index contributed by atoms with van der Waals surface area (Å²) >= 11 is 0. The van der Waals surface area contributed by atoms with Gasteiger partial charge in [-0.05, 0) is 42.2 Å². The van der Waals surface area contributed by atoms with Gasteiger partial charge in [0.2, 0.25) is 9.84 Å². The molecule has 2 aliphatic rings. The molecule has 0 bridgehead atoms. The maximum absolute atomic E-state index is 12.3. The topological polar surface area (TPSA) is 72.2 Å². The Hall–Kier alpha value is -1.17. The third-order valence-electron chi connectivity index (χ3n) is 3.40. The molecule has 0 saturated heterocycles. The average molecular weight is 264 g/mol. The van der Waals surface area contributed by atoms with E-state index in [4.69, 9.17) is 5.73 Å². The molecule has 1 aromatic rings. The normalized spacial score (nSPS) is 20.6. The van der Waals surface area contributed by atoms with Crippen LogP contribution in [0.3, 0.4) is 0 Å². The van der Waals surface area contributed by atoms with E-state index in [0.717, 1.165) is 24.0 Å². The number of nitrogens with two attached hydrogens (primary N) is 1. The van der Waals surface area contributed by atoms with Crippen molar-refractivity contribution in [1.29, 1.82) is 0 Å². The molecule has 4 nitrogen and oxygen atoms in total. The van der Waals surface area contributed by atoms with E-state index in [0.29, 0.717) is 28.9 Å². The first-order chi connectivity index (χ1) is 8.61. The monoisotopic (exact) mass is 264 g/mol. The number of benzene rings is 1.